The van der Waals surface area contributed by atoms with Gasteiger partial charge in [0.1, 0.15) is 12.4 Å². The van der Waals surface area contributed by atoms with E-state index in [1.165, 1.54) is 20.2 Å². The molecule has 0 unspecified atom stereocenters. The van der Waals surface area contributed by atoms with E-state index in [1.54, 1.807) is 17.0 Å². The summed E-state index contributed by atoms with van der Waals surface area (Å²) in [7, 11) is -0.631. The Morgan fingerprint density at radius 2 is 1.91 bits per heavy atom. The van der Waals surface area contributed by atoms with Gasteiger partial charge in [-0.2, -0.15) is 0 Å². The van der Waals surface area contributed by atoms with E-state index in [9.17, 15) is 18.0 Å². The summed E-state index contributed by atoms with van der Waals surface area (Å²) in [6.07, 6.45) is 0.879. The number of rotatable bonds is 9. The SMILES string of the molecule is CCn1c(COC(=O)[C@@H]2CC(=O)N(CCc3ccccc3)C2)nc2cc(S(=O)(=O)N(C)C)ccc21. The molecule has 0 N–H and O–H groups in total. The van der Waals surface area contributed by atoms with Gasteiger partial charge in [0.25, 0.3) is 0 Å². The number of hydrogen-bond donors (Lipinski definition) is 0. The highest BCUT2D eigenvalue weighted by Crippen LogP contribution is 2.24. The van der Waals surface area contributed by atoms with Crippen LogP contribution < -0.4 is 0 Å². The molecule has 0 saturated carbocycles. The Hall–Kier alpha value is -3.24. The number of carbonyl (C=O) groups excluding carboxylic acids is 2. The Morgan fingerprint density at radius 1 is 1.17 bits per heavy atom. The predicted octanol–water partition coefficient (Wildman–Crippen LogP) is 2.44. The number of benzene rings is 2. The molecule has 2 aromatic carbocycles. The number of nitrogens with zero attached hydrogens (tertiary/aromatic N) is 4. The number of likely N-dealkylation sites (tertiary alicyclic amines) is 1. The molecule has 1 aliphatic rings. The van der Waals surface area contributed by atoms with Gasteiger partial charge in [0.2, 0.25) is 15.9 Å². The van der Waals surface area contributed by atoms with Crippen LogP contribution in [0.15, 0.2) is 53.4 Å². The van der Waals surface area contributed by atoms with Crippen LogP contribution in [0.5, 0.6) is 0 Å². The van der Waals surface area contributed by atoms with E-state index in [4.69, 9.17) is 4.74 Å². The normalized spacial score (nSPS) is 16.4. The van der Waals surface area contributed by atoms with Crippen LogP contribution in [-0.2, 0) is 43.9 Å². The third-order valence-electron chi connectivity index (χ3n) is 6.30. The number of aryl methyl sites for hydroxylation is 1. The zero-order valence-corrected chi connectivity index (χ0v) is 21.0. The fraction of sp³-hybridized carbons (Fsp3) is 0.400. The molecule has 9 nitrogen and oxygen atoms in total. The quantitative estimate of drug-likeness (QED) is 0.420. The predicted molar refractivity (Wildman–Crippen MR) is 131 cm³/mol. The van der Waals surface area contributed by atoms with Crippen LogP contribution in [-0.4, -0.2) is 66.2 Å². The van der Waals surface area contributed by atoms with Gasteiger partial charge in [0.15, 0.2) is 0 Å². The van der Waals surface area contributed by atoms with Crippen molar-refractivity contribution in [2.45, 2.75) is 37.8 Å². The number of sulfonamides is 1. The van der Waals surface area contributed by atoms with E-state index >= 15 is 0 Å². The molecule has 1 atom stereocenters. The summed E-state index contributed by atoms with van der Waals surface area (Å²) in [5.74, 6) is -0.445. The highest BCUT2D eigenvalue weighted by atomic mass is 32.2. The molecular weight excluding hydrogens is 468 g/mol. The Kier molecular flexibility index (Phi) is 7.23. The van der Waals surface area contributed by atoms with Gasteiger partial charge in [-0.25, -0.2) is 17.7 Å². The highest BCUT2D eigenvalue weighted by Gasteiger charge is 2.35. The van der Waals surface area contributed by atoms with E-state index < -0.39 is 21.9 Å². The summed E-state index contributed by atoms with van der Waals surface area (Å²) >= 11 is 0. The Morgan fingerprint density at radius 3 is 2.60 bits per heavy atom. The first-order chi connectivity index (χ1) is 16.7. The Balaban J connectivity index is 1.41. The van der Waals surface area contributed by atoms with Crippen LogP contribution in [0.25, 0.3) is 11.0 Å². The summed E-state index contributed by atoms with van der Waals surface area (Å²) in [6.45, 7) is 3.39. The first-order valence-electron chi connectivity index (χ1n) is 11.6. The largest absolute Gasteiger partial charge is 0.457 e. The van der Waals surface area contributed by atoms with E-state index in [2.05, 4.69) is 4.98 Å². The van der Waals surface area contributed by atoms with E-state index in [-0.39, 0.29) is 23.8 Å². The zero-order valence-electron chi connectivity index (χ0n) is 20.2. The average molecular weight is 499 g/mol. The van der Waals surface area contributed by atoms with Crippen LogP contribution in [0.1, 0.15) is 24.7 Å². The first-order valence-corrected chi connectivity index (χ1v) is 13.0. The second kappa shape index (κ2) is 10.2. The molecule has 3 aromatic rings. The maximum Gasteiger partial charge on any atom is 0.311 e. The lowest BCUT2D eigenvalue weighted by Gasteiger charge is -2.16. The maximum atomic E-state index is 12.7. The number of aromatic nitrogens is 2. The topological polar surface area (TPSA) is 102 Å². The van der Waals surface area contributed by atoms with Gasteiger partial charge < -0.3 is 14.2 Å². The van der Waals surface area contributed by atoms with Crippen LogP contribution >= 0.6 is 0 Å². The molecule has 0 bridgehead atoms. The van der Waals surface area contributed by atoms with Gasteiger partial charge in [-0.15, -0.1) is 0 Å². The minimum Gasteiger partial charge on any atom is -0.457 e. The molecule has 0 aliphatic carbocycles. The fourth-order valence-corrected chi connectivity index (χ4v) is 5.22. The number of ether oxygens (including phenoxy) is 1. The molecule has 35 heavy (non-hydrogen) atoms. The van der Waals surface area contributed by atoms with Crippen molar-refractivity contribution in [2.75, 3.05) is 27.2 Å². The number of amides is 1. The van der Waals surface area contributed by atoms with Crippen molar-refractivity contribution in [3.05, 3.63) is 59.9 Å². The van der Waals surface area contributed by atoms with Crippen LogP contribution in [0, 0.1) is 5.92 Å². The molecule has 1 aliphatic heterocycles. The van der Waals surface area contributed by atoms with Crippen molar-refractivity contribution < 1.29 is 22.7 Å². The second-order valence-electron chi connectivity index (χ2n) is 8.79. The smallest absolute Gasteiger partial charge is 0.311 e. The Bertz CT molecular complexity index is 1330. The monoisotopic (exact) mass is 498 g/mol. The Labute approximate surface area is 205 Å². The molecule has 0 spiro atoms. The molecule has 4 rings (SSSR count). The lowest BCUT2D eigenvalue weighted by atomic mass is 10.1. The maximum absolute atomic E-state index is 12.7. The van der Waals surface area contributed by atoms with Crippen molar-refractivity contribution in [3.8, 4) is 0 Å². The molecular formula is C25H30N4O5S. The summed E-state index contributed by atoms with van der Waals surface area (Å²) in [5, 5.41) is 0. The van der Waals surface area contributed by atoms with Crippen molar-refractivity contribution >= 4 is 32.9 Å². The minimum atomic E-state index is -3.59. The van der Waals surface area contributed by atoms with Gasteiger partial charge in [-0.3, -0.25) is 9.59 Å². The summed E-state index contributed by atoms with van der Waals surface area (Å²) in [6, 6.07) is 14.7. The number of carbonyl (C=O) groups is 2. The van der Waals surface area contributed by atoms with Crippen LogP contribution in [0.4, 0.5) is 0 Å². The summed E-state index contributed by atoms with van der Waals surface area (Å²) < 4.78 is 33.5. The number of esters is 1. The van der Waals surface area contributed by atoms with Crippen molar-refractivity contribution in [2.24, 2.45) is 5.92 Å². The van der Waals surface area contributed by atoms with Crippen LogP contribution in [0.2, 0.25) is 0 Å². The first kappa shape index (κ1) is 24.9. The lowest BCUT2D eigenvalue weighted by molar-refractivity contribution is -0.150. The summed E-state index contributed by atoms with van der Waals surface area (Å²) in [5.41, 5.74) is 2.43. The van der Waals surface area contributed by atoms with Gasteiger partial charge in [0, 0.05) is 40.2 Å². The fourth-order valence-electron chi connectivity index (χ4n) is 4.30. The second-order valence-corrected chi connectivity index (χ2v) is 10.9. The molecule has 1 fully saturated rings. The van der Waals surface area contributed by atoms with Gasteiger partial charge >= 0.3 is 5.97 Å². The van der Waals surface area contributed by atoms with Gasteiger partial charge in [-0.05, 0) is 37.1 Å². The van der Waals surface area contributed by atoms with Crippen LogP contribution in [0.3, 0.4) is 0 Å². The van der Waals surface area contributed by atoms with Gasteiger partial charge in [0.05, 0.1) is 21.8 Å². The number of fused-ring (bicyclic) bond motifs is 1. The molecule has 1 saturated heterocycles. The molecule has 10 heteroatoms. The van der Waals surface area contributed by atoms with Gasteiger partial charge in [-0.1, -0.05) is 30.3 Å². The minimum absolute atomic E-state index is 0.0432. The third-order valence-corrected chi connectivity index (χ3v) is 8.11. The highest BCUT2D eigenvalue weighted by molar-refractivity contribution is 7.89. The number of imidazole rings is 1. The zero-order chi connectivity index (χ0) is 25.2. The van der Waals surface area contributed by atoms with Crippen molar-refractivity contribution in [1.29, 1.82) is 0 Å². The lowest BCUT2D eigenvalue weighted by Crippen LogP contribution is -2.29. The average Bonchev–Trinajstić information content (AvgIpc) is 3.40. The molecule has 2 heterocycles. The van der Waals surface area contributed by atoms with Crippen molar-refractivity contribution in [1.82, 2.24) is 18.8 Å². The van der Waals surface area contributed by atoms with E-state index in [1.807, 2.05) is 41.8 Å². The third kappa shape index (κ3) is 5.23. The van der Waals surface area contributed by atoms with E-state index in [0.717, 1.165) is 21.8 Å². The molecule has 0 radical (unpaired) electrons. The van der Waals surface area contributed by atoms with E-state index in [0.29, 0.717) is 31.0 Å². The molecule has 1 amide bonds. The number of hydrogen-bond acceptors (Lipinski definition) is 6. The molecule has 1 aromatic heterocycles. The van der Waals surface area contributed by atoms with Crippen molar-refractivity contribution in [3.63, 3.8) is 0 Å². The summed E-state index contributed by atoms with van der Waals surface area (Å²) in [4.78, 5) is 31.6. The standard InChI is InChI=1S/C25H30N4O5S/c1-4-29-22-11-10-20(35(32,33)27(2)3)15-21(22)26-23(29)17-34-25(31)19-14-24(30)28(16-19)13-12-18-8-6-5-7-9-18/h5-11,15,19H,4,12-14,16-17H2,1-3H3/t19-/m1/s1. The molecule has 186 valence electrons.